The molecule has 0 radical (unpaired) electrons. The molecule has 0 unspecified atom stereocenters. The maximum Gasteiger partial charge on any atom is 0.335 e. The normalized spacial score (nSPS) is 10.6. The van der Waals surface area contributed by atoms with Crippen LogP contribution in [0.2, 0.25) is 0 Å². The fourth-order valence-corrected chi connectivity index (χ4v) is 2.63. The summed E-state index contributed by atoms with van der Waals surface area (Å²) in [5.41, 5.74) is 1.96. The molecule has 2 N–H and O–H groups in total. The maximum atomic E-state index is 13.2. The molecule has 0 saturated carbocycles. The molecule has 0 aliphatic heterocycles. The third-order valence-corrected chi connectivity index (χ3v) is 3.53. The molecule has 0 aromatic heterocycles. The van der Waals surface area contributed by atoms with Gasteiger partial charge in [0, 0.05) is 11.0 Å². The Morgan fingerprint density at radius 1 is 1.24 bits per heavy atom. The first-order chi connectivity index (χ1) is 10.1. The number of carbonyl (C=O) groups is 1. The van der Waals surface area contributed by atoms with Crippen molar-refractivity contribution >= 4 is 21.9 Å². The van der Waals surface area contributed by atoms with Gasteiger partial charge in [-0.3, -0.25) is 0 Å². The van der Waals surface area contributed by atoms with Crippen LogP contribution in [0.25, 0.3) is 0 Å². The van der Waals surface area contributed by atoms with Crippen LogP contribution in [-0.2, 0) is 13.0 Å². The van der Waals surface area contributed by atoms with Gasteiger partial charge in [0.1, 0.15) is 5.82 Å². The summed E-state index contributed by atoms with van der Waals surface area (Å²) in [5.74, 6) is -1.20. The van der Waals surface area contributed by atoms with E-state index in [9.17, 15) is 9.18 Å². The van der Waals surface area contributed by atoms with Crippen molar-refractivity contribution in [3.8, 4) is 0 Å². The zero-order chi connectivity index (χ0) is 15.2. The van der Waals surface area contributed by atoms with Crippen molar-refractivity contribution < 1.29 is 14.3 Å². The van der Waals surface area contributed by atoms with Gasteiger partial charge in [-0.1, -0.05) is 34.1 Å². The summed E-state index contributed by atoms with van der Waals surface area (Å²) in [6, 6.07) is 11.7. The van der Waals surface area contributed by atoms with E-state index in [1.807, 2.05) is 18.2 Å². The van der Waals surface area contributed by atoms with Gasteiger partial charge < -0.3 is 10.4 Å². The van der Waals surface area contributed by atoms with Crippen LogP contribution in [0.1, 0.15) is 21.5 Å². The number of carboxylic acids is 1. The summed E-state index contributed by atoms with van der Waals surface area (Å²) in [6.45, 7) is 1.16. The van der Waals surface area contributed by atoms with Gasteiger partial charge >= 0.3 is 5.97 Å². The van der Waals surface area contributed by atoms with E-state index in [0.717, 1.165) is 11.1 Å². The summed E-state index contributed by atoms with van der Waals surface area (Å²) in [6.07, 6.45) is 0.610. The Kier molecular flexibility index (Phi) is 5.47. The Balaban J connectivity index is 1.89. The summed E-state index contributed by atoms with van der Waals surface area (Å²) in [4.78, 5) is 11.1. The van der Waals surface area contributed by atoms with Gasteiger partial charge in [-0.05, 0) is 48.4 Å². The number of hydrogen-bond acceptors (Lipinski definition) is 2. The highest BCUT2D eigenvalue weighted by atomic mass is 79.9. The minimum absolute atomic E-state index is 0.280. The first-order valence-corrected chi connectivity index (χ1v) is 7.32. The van der Waals surface area contributed by atoms with Gasteiger partial charge in [0.05, 0.1) is 5.56 Å². The molecule has 21 heavy (non-hydrogen) atoms. The number of aromatic carboxylic acids is 1. The summed E-state index contributed by atoms with van der Waals surface area (Å²) < 4.78 is 13.9. The molecule has 0 saturated heterocycles. The topological polar surface area (TPSA) is 49.3 Å². The summed E-state index contributed by atoms with van der Waals surface area (Å²) >= 11 is 3.25. The van der Waals surface area contributed by atoms with Crippen LogP contribution in [0, 0.1) is 5.82 Å². The molecule has 2 aromatic rings. The lowest BCUT2D eigenvalue weighted by atomic mass is 10.0. The minimum atomic E-state index is -0.917. The molecule has 0 aliphatic carbocycles. The molecule has 110 valence electrons. The van der Waals surface area contributed by atoms with Crippen molar-refractivity contribution in [2.45, 2.75) is 13.0 Å². The number of rotatable bonds is 6. The monoisotopic (exact) mass is 351 g/mol. The lowest BCUT2D eigenvalue weighted by molar-refractivity contribution is 0.0695. The fourth-order valence-electron chi connectivity index (χ4n) is 2.12. The van der Waals surface area contributed by atoms with Crippen LogP contribution in [0.3, 0.4) is 0 Å². The van der Waals surface area contributed by atoms with Crippen LogP contribution in [0.5, 0.6) is 0 Å². The van der Waals surface area contributed by atoms with Crippen molar-refractivity contribution in [2.24, 2.45) is 0 Å². The fraction of sp³-hybridized carbons (Fsp3) is 0.188. The van der Waals surface area contributed by atoms with Gasteiger partial charge in [-0.25, -0.2) is 9.18 Å². The highest BCUT2D eigenvalue weighted by Crippen LogP contribution is 2.15. The second-order valence-electron chi connectivity index (χ2n) is 4.67. The quantitative estimate of drug-likeness (QED) is 0.781. The van der Waals surface area contributed by atoms with E-state index in [1.165, 1.54) is 12.1 Å². The predicted octanol–water partition coefficient (Wildman–Crippen LogP) is 3.62. The molecular formula is C16H15BrFNO2. The first kappa shape index (κ1) is 15.7. The Hall–Kier alpha value is -1.72. The molecule has 2 aromatic carbocycles. The van der Waals surface area contributed by atoms with E-state index in [1.54, 1.807) is 12.1 Å². The molecule has 0 aliphatic rings. The maximum absolute atomic E-state index is 13.2. The summed E-state index contributed by atoms with van der Waals surface area (Å²) in [7, 11) is 0. The molecule has 0 atom stereocenters. The van der Waals surface area contributed by atoms with Gasteiger partial charge in [-0.2, -0.15) is 0 Å². The smallest absolute Gasteiger partial charge is 0.335 e. The van der Waals surface area contributed by atoms with Crippen LogP contribution in [0.15, 0.2) is 46.9 Å². The number of benzene rings is 2. The molecule has 2 rings (SSSR count). The van der Waals surface area contributed by atoms with Crippen molar-refractivity contribution in [3.63, 3.8) is 0 Å². The van der Waals surface area contributed by atoms with E-state index in [-0.39, 0.29) is 5.82 Å². The molecule has 0 bridgehead atoms. The molecule has 0 fully saturated rings. The van der Waals surface area contributed by atoms with E-state index in [2.05, 4.69) is 21.2 Å². The third-order valence-electron chi connectivity index (χ3n) is 3.07. The van der Waals surface area contributed by atoms with Crippen LogP contribution < -0.4 is 5.32 Å². The predicted molar refractivity (Wildman–Crippen MR) is 82.9 cm³/mol. The Morgan fingerprint density at radius 2 is 2.00 bits per heavy atom. The Labute approximate surface area is 130 Å². The zero-order valence-corrected chi connectivity index (χ0v) is 12.9. The highest BCUT2D eigenvalue weighted by molar-refractivity contribution is 9.10. The molecule has 0 spiro atoms. The largest absolute Gasteiger partial charge is 0.478 e. The van der Waals surface area contributed by atoms with E-state index in [4.69, 9.17) is 5.11 Å². The number of hydrogen-bond donors (Lipinski definition) is 2. The second kappa shape index (κ2) is 7.33. The van der Waals surface area contributed by atoms with E-state index < -0.39 is 5.97 Å². The van der Waals surface area contributed by atoms with E-state index >= 15 is 0 Å². The SMILES string of the molecule is O=C(O)c1ccccc1CCNCc1cc(F)cc(Br)c1. The second-order valence-corrected chi connectivity index (χ2v) is 5.58. The third kappa shape index (κ3) is 4.65. The average molecular weight is 352 g/mol. The molecule has 0 heterocycles. The van der Waals surface area contributed by atoms with Gasteiger partial charge in [0.15, 0.2) is 0 Å². The number of carboxylic acid groups (broad SMARTS) is 1. The average Bonchev–Trinajstić information content (AvgIpc) is 2.43. The van der Waals surface area contributed by atoms with Crippen molar-refractivity contribution in [3.05, 3.63) is 69.4 Å². The highest BCUT2D eigenvalue weighted by Gasteiger charge is 2.08. The van der Waals surface area contributed by atoms with Crippen molar-refractivity contribution in [2.75, 3.05) is 6.54 Å². The molecule has 5 heteroatoms. The minimum Gasteiger partial charge on any atom is -0.478 e. The first-order valence-electron chi connectivity index (χ1n) is 6.53. The van der Waals surface area contributed by atoms with Crippen LogP contribution in [-0.4, -0.2) is 17.6 Å². The standard InChI is InChI=1S/C16H15BrFNO2/c17-13-7-11(8-14(18)9-13)10-19-6-5-12-3-1-2-4-15(12)16(20)21/h1-4,7-9,19H,5-6,10H2,(H,20,21). The number of nitrogens with one attached hydrogen (secondary N) is 1. The zero-order valence-electron chi connectivity index (χ0n) is 11.3. The Morgan fingerprint density at radius 3 is 2.71 bits per heavy atom. The van der Waals surface area contributed by atoms with Gasteiger partial charge in [0.2, 0.25) is 0 Å². The Bertz CT molecular complexity index is 626. The van der Waals surface area contributed by atoms with E-state index in [0.29, 0.717) is 29.5 Å². The summed E-state index contributed by atoms with van der Waals surface area (Å²) in [5, 5.41) is 12.3. The molecule has 0 amide bonds. The van der Waals surface area contributed by atoms with Gasteiger partial charge in [0.25, 0.3) is 0 Å². The lowest BCUT2D eigenvalue weighted by Crippen LogP contribution is -2.18. The van der Waals surface area contributed by atoms with Crippen LogP contribution in [0.4, 0.5) is 4.39 Å². The molecule has 3 nitrogen and oxygen atoms in total. The van der Waals surface area contributed by atoms with Crippen LogP contribution >= 0.6 is 15.9 Å². The number of halogens is 2. The lowest BCUT2D eigenvalue weighted by Gasteiger charge is -2.08. The van der Waals surface area contributed by atoms with Gasteiger partial charge in [-0.15, -0.1) is 0 Å². The van der Waals surface area contributed by atoms with Crippen molar-refractivity contribution in [1.82, 2.24) is 5.32 Å². The molecular weight excluding hydrogens is 337 g/mol. The van der Waals surface area contributed by atoms with Crippen molar-refractivity contribution in [1.29, 1.82) is 0 Å².